The summed E-state index contributed by atoms with van der Waals surface area (Å²) in [5.41, 5.74) is 1.67. The van der Waals surface area contributed by atoms with Gasteiger partial charge in [0.1, 0.15) is 0 Å². The molecule has 0 bridgehead atoms. The van der Waals surface area contributed by atoms with Gasteiger partial charge in [0.2, 0.25) is 0 Å². The van der Waals surface area contributed by atoms with Gasteiger partial charge >= 0.3 is 0 Å². The molecule has 0 aromatic carbocycles. The highest BCUT2D eigenvalue weighted by molar-refractivity contribution is 5.00. The molecule has 0 aromatic heterocycles. The van der Waals surface area contributed by atoms with Crippen molar-refractivity contribution >= 4 is 0 Å². The molecule has 0 fully saturated rings. The summed E-state index contributed by atoms with van der Waals surface area (Å²) in [4.78, 5) is 0. The third-order valence-electron chi connectivity index (χ3n) is 5.01. The summed E-state index contributed by atoms with van der Waals surface area (Å²) < 4.78 is 0. The summed E-state index contributed by atoms with van der Waals surface area (Å²) in [5, 5.41) is 0. The van der Waals surface area contributed by atoms with E-state index in [-0.39, 0.29) is 14.9 Å². The zero-order chi connectivity index (χ0) is 16.8. The highest BCUT2D eigenvalue weighted by Crippen LogP contribution is 2.22. The third kappa shape index (κ3) is 18.1. The molecule has 0 N–H and O–H groups in total. The minimum atomic E-state index is 0. The zero-order valence-electron chi connectivity index (χ0n) is 16.6. The summed E-state index contributed by atoms with van der Waals surface area (Å²) in [5.74, 6) is 2.73. The van der Waals surface area contributed by atoms with E-state index < -0.39 is 0 Å². The van der Waals surface area contributed by atoms with Gasteiger partial charge in [0.25, 0.3) is 0 Å². The first-order valence-corrected chi connectivity index (χ1v) is 10.2. The van der Waals surface area contributed by atoms with Crippen LogP contribution >= 0.6 is 0 Å². The SMILES string of the molecule is C.C.CC/C=C(\CC)CCCC(C)CCCC(C)CCCC(C)C. The predicted molar refractivity (Wildman–Crippen MR) is 117 cm³/mol. The van der Waals surface area contributed by atoms with E-state index in [0.29, 0.717) is 0 Å². The number of allylic oxidation sites excluding steroid dienone is 2. The molecule has 2 unspecified atom stereocenters. The van der Waals surface area contributed by atoms with Gasteiger partial charge in [-0.2, -0.15) is 0 Å². The van der Waals surface area contributed by atoms with Gasteiger partial charge < -0.3 is 0 Å². The van der Waals surface area contributed by atoms with Crippen LogP contribution in [0, 0.1) is 17.8 Å². The molecule has 0 radical (unpaired) electrons. The fraction of sp³-hybridized carbons (Fsp3) is 0.917. The van der Waals surface area contributed by atoms with Gasteiger partial charge in [-0.3, -0.25) is 0 Å². The van der Waals surface area contributed by atoms with Crippen LogP contribution in [0.2, 0.25) is 0 Å². The average Bonchev–Trinajstić information content (AvgIpc) is 2.46. The quantitative estimate of drug-likeness (QED) is 0.276. The van der Waals surface area contributed by atoms with E-state index in [0.717, 1.165) is 17.8 Å². The third-order valence-corrected chi connectivity index (χ3v) is 5.01. The Labute approximate surface area is 156 Å². The van der Waals surface area contributed by atoms with E-state index in [4.69, 9.17) is 0 Å². The number of hydrogen-bond acceptors (Lipinski definition) is 0. The Morgan fingerprint density at radius 1 is 0.708 bits per heavy atom. The fourth-order valence-corrected chi connectivity index (χ4v) is 3.37. The lowest BCUT2D eigenvalue weighted by Crippen LogP contribution is -2.00. The predicted octanol–water partition coefficient (Wildman–Crippen LogP) is 9.44. The average molecular weight is 341 g/mol. The molecule has 0 saturated heterocycles. The molecule has 0 heterocycles. The van der Waals surface area contributed by atoms with Crippen molar-refractivity contribution in [1.82, 2.24) is 0 Å². The Morgan fingerprint density at radius 3 is 1.58 bits per heavy atom. The maximum Gasteiger partial charge on any atom is -0.0320 e. The van der Waals surface area contributed by atoms with Gasteiger partial charge in [-0.25, -0.2) is 0 Å². The highest BCUT2D eigenvalue weighted by atomic mass is 14.1. The van der Waals surface area contributed by atoms with Gasteiger partial charge in [-0.1, -0.05) is 113 Å². The molecule has 0 rings (SSSR count). The van der Waals surface area contributed by atoms with E-state index in [1.165, 1.54) is 70.6 Å². The second-order valence-electron chi connectivity index (χ2n) is 7.98. The Balaban J connectivity index is -0.00000220. The van der Waals surface area contributed by atoms with Crippen molar-refractivity contribution < 1.29 is 0 Å². The summed E-state index contributed by atoms with van der Waals surface area (Å²) in [7, 11) is 0. The Bertz CT molecular complexity index is 261. The summed E-state index contributed by atoms with van der Waals surface area (Å²) in [6.45, 7) is 14.1. The molecule has 2 atom stereocenters. The van der Waals surface area contributed by atoms with Gasteiger partial charge in [0, 0.05) is 0 Å². The molecular formula is C24H52. The molecule has 0 aliphatic heterocycles. The first kappa shape index (κ1) is 28.5. The van der Waals surface area contributed by atoms with Crippen LogP contribution in [0.4, 0.5) is 0 Å². The summed E-state index contributed by atoms with van der Waals surface area (Å²) >= 11 is 0. The largest absolute Gasteiger partial charge is 0.0856 e. The van der Waals surface area contributed by atoms with Crippen molar-refractivity contribution in [3.05, 3.63) is 11.6 Å². The van der Waals surface area contributed by atoms with E-state index in [1.54, 1.807) is 5.57 Å². The number of hydrogen-bond donors (Lipinski definition) is 0. The summed E-state index contributed by atoms with van der Waals surface area (Å²) in [6.07, 6.45) is 17.6. The fourth-order valence-electron chi connectivity index (χ4n) is 3.37. The Hall–Kier alpha value is -0.260. The van der Waals surface area contributed by atoms with Crippen molar-refractivity contribution in [3.63, 3.8) is 0 Å². The maximum absolute atomic E-state index is 2.46. The van der Waals surface area contributed by atoms with Crippen LogP contribution in [-0.4, -0.2) is 0 Å². The molecular weight excluding hydrogens is 288 g/mol. The maximum atomic E-state index is 2.46. The van der Waals surface area contributed by atoms with Crippen molar-refractivity contribution in [2.24, 2.45) is 17.8 Å². The van der Waals surface area contributed by atoms with Gasteiger partial charge in [-0.05, 0) is 43.4 Å². The standard InChI is InChI=1S/C22H44.2CH4/c1-7-12-22(8-2)18-11-17-21(6)16-10-15-20(5)14-9-13-19(3)4;;/h12,19-21H,7-11,13-18H2,1-6H3;2*1H4/b22-12+;;. The van der Waals surface area contributed by atoms with E-state index in [1.807, 2.05) is 0 Å². The molecule has 148 valence electrons. The molecule has 0 aromatic rings. The first-order chi connectivity index (χ1) is 10.5. The van der Waals surface area contributed by atoms with E-state index in [9.17, 15) is 0 Å². The van der Waals surface area contributed by atoms with E-state index >= 15 is 0 Å². The van der Waals surface area contributed by atoms with Crippen molar-refractivity contribution in [3.8, 4) is 0 Å². The monoisotopic (exact) mass is 340 g/mol. The van der Waals surface area contributed by atoms with Gasteiger partial charge in [0.05, 0.1) is 0 Å². The molecule has 0 amide bonds. The first-order valence-electron chi connectivity index (χ1n) is 10.2. The van der Waals surface area contributed by atoms with Crippen molar-refractivity contribution in [2.75, 3.05) is 0 Å². The van der Waals surface area contributed by atoms with Crippen molar-refractivity contribution in [2.45, 2.75) is 127 Å². The zero-order valence-corrected chi connectivity index (χ0v) is 16.6. The summed E-state index contributed by atoms with van der Waals surface area (Å²) in [6, 6.07) is 0. The molecule has 0 saturated carbocycles. The van der Waals surface area contributed by atoms with Crippen molar-refractivity contribution in [1.29, 1.82) is 0 Å². The number of rotatable bonds is 14. The smallest absolute Gasteiger partial charge is 0.0320 e. The Morgan fingerprint density at radius 2 is 1.17 bits per heavy atom. The van der Waals surface area contributed by atoms with Crippen LogP contribution in [0.15, 0.2) is 11.6 Å². The lowest BCUT2D eigenvalue weighted by molar-refractivity contribution is 0.388. The second kappa shape index (κ2) is 19.1. The lowest BCUT2D eigenvalue weighted by atomic mass is 9.91. The van der Waals surface area contributed by atoms with Gasteiger partial charge in [0.15, 0.2) is 0 Å². The molecule has 0 spiro atoms. The second-order valence-corrected chi connectivity index (χ2v) is 7.98. The molecule has 0 nitrogen and oxygen atoms in total. The molecule has 0 aliphatic rings. The molecule has 0 aliphatic carbocycles. The van der Waals surface area contributed by atoms with Crippen LogP contribution in [0.5, 0.6) is 0 Å². The minimum Gasteiger partial charge on any atom is -0.0856 e. The lowest BCUT2D eigenvalue weighted by Gasteiger charge is -2.15. The molecule has 24 heavy (non-hydrogen) atoms. The molecule has 0 heteroatoms. The highest BCUT2D eigenvalue weighted by Gasteiger charge is 2.06. The van der Waals surface area contributed by atoms with Crippen LogP contribution in [-0.2, 0) is 0 Å². The normalized spacial score (nSPS) is 14.0. The van der Waals surface area contributed by atoms with Crippen LogP contribution in [0.25, 0.3) is 0 Å². The van der Waals surface area contributed by atoms with E-state index in [2.05, 4.69) is 47.6 Å². The van der Waals surface area contributed by atoms with Crippen LogP contribution < -0.4 is 0 Å². The Kier molecular flexibility index (Phi) is 22.7. The van der Waals surface area contributed by atoms with Gasteiger partial charge in [-0.15, -0.1) is 0 Å². The van der Waals surface area contributed by atoms with Crippen LogP contribution in [0.1, 0.15) is 127 Å². The minimum absolute atomic E-state index is 0. The van der Waals surface area contributed by atoms with Crippen LogP contribution in [0.3, 0.4) is 0 Å². The topological polar surface area (TPSA) is 0 Å².